The Hall–Kier alpha value is -4.48. The predicted octanol–water partition coefficient (Wildman–Crippen LogP) is 6.31. The molecule has 0 spiro atoms. The third-order valence-electron chi connectivity index (χ3n) is 6.46. The van der Waals surface area contributed by atoms with Gasteiger partial charge in [0.05, 0.1) is 22.7 Å². The Balaban J connectivity index is 1.62. The lowest BCUT2D eigenvalue weighted by Gasteiger charge is -2.16. The van der Waals surface area contributed by atoms with Crippen molar-refractivity contribution in [3.05, 3.63) is 136 Å². The molecule has 42 heavy (non-hydrogen) atoms. The number of sulfonamides is 1. The molecule has 1 aliphatic heterocycles. The van der Waals surface area contributed by atoms with Crippen LogP contribution in [0.4, 0.5) is 13.2 Å². The fourth-order valence-electron chi connectivity index (χ4n) is 4.34. The molecule has 0 bridgehead atoms. The van der Waals surface area contributed by atoms with Gasteiger partial charge in [-0.05, 0) is 47.5 Å². The number of amidine groups is 1. The molecule has 5 rings (SSSR count). The number of rotatable bonds is 5. The smallest absolute Gasteiger partial charge is 0.383 e. The zero-order chi connectivity index (χ0) is 29.9. The van der Waals surface area contributed by atoms with Gasteiger partial charge in [0.2, 0.25) is 0 Å². The molecule has 0 unspecified atom stereocenters. The van der Waals surface area contributed by atoms with Crippen molar-refractivity contribution in [2.24, 2.45) is 20.2 Å². The van der Waals surface area contributed by atoms with Crippen molar-refractivity contribution in [2.75, 3.05) is 6.54 Å². The number of hydrogen-bond acceptors (Lipinski definition) is 3. The Morgan fingerprint density at radius 1 is 0.881 bits per heavy atom. The average Bonchev–Trinajstić information content (AvgIpc) is 3.43. The molecule has 1 atom stereocenters. The Bertz CT molecular complexity index is 1760. The van der Waals surface area contributed by atoms with E-state index in [1.807, 2.05) is 30.3 Å². The van der Waals surface area contributed by atoms with Gasteiger partial charge in [0.1, 0.15) is 5.84 Å². The lowest BCUT2D eigenvalue weighted by molar-refractivity contribution is -0.137. The highest BCUT2D eigenvalue weighted by Crippen LogP contribution is 2.32. The van der Waals surface area contributed by atoms with Crippen LogP contribution in [0, 0.1) is 0 Å². The minimum absolute atomic E-state index is 0.0247. The van der Waals surface area contributed by atoms with Crippen LogP contribution in [0.2, 0.25) is 5.02 Å². The normalized spacial score (nSPS) is 16.4. The van der Waals surface area contributed by atoms with Crippen LogP contribution in [0.15, 0.2) is 129 Å². The van der Waals surface area contributed by atoms with Gasteiger partial charge in [0.25, 0.3) is 16.0 Å². The zero-order valence-electron chi connectivity index (χ0n) is 21.8. The van der Waals surface area contributed by atoms with Gasteiger partial charge < -0.3 is 5.73 Å². The Morgan fingerprint density at radius 3 is 2.07 bits per heavy atom. The van der Waals surface area contributed by atoms with E-state index in [9.17, 15) is 21.6 Å². The van der Waals surface area contributed by atoms with Gasteiger partial charge in [-0.2, -0.15) is 31.7 Å². The highest BCUT2D eigenvalue weighted by atomic mass is 35.5. The van der Waals surface area contributed by atoms with E-state index in [2.05, 4.69) is 9.39 Å². The summed E-state index contributed by atoms with van der Waals surface area (Å²) < 4.78 is 69.8. The van der Waals surface area contributed by atoms with E-state index in [-0.39, 0.29) is 24.3 Å². The number of halogens is 4. The van der Waals surface area contributed by atoms with E-state index in [0.29, 0.717) is 28.4 Å². The van der Waals surface area contributed by atoms with E-state index in [4.69, 9.17) is 22.4 Å². The molecule has 1 aliphatic rings. The summed E-state index contributed by atoms with van der Waals surface area (Å²) in [5.74, 6) is -0.677. The number of nitrogens with two attached hydrogens (primary N) is 1. The summed E-state index contributed by atoms with van der Waals surface area (Å²) >= 11 is 6.10. The standard InChI is InChI=1S/C30H23ClF3N5O2S/c31-24-15-11-21(12-16-24)27-26(20-7-3-1-4-8-20)19-39(37-27)29(36-28(35)22-9-5-2-6-10-22)38-42(40,41)25-17-13-23(14-18-25)30(32,33)34/h1-18,26H,19H2,(H2,35,36,38)/t26-/m1/s1. The summed E-state index contributed by atoms with van der Waals surface area (Å²) in [6.07, 6.45) is -4.63. The lowest BCUT2D eigenvalue weighted by atomic mass is 9.91. The third-order valence-corrected chi connectivity index (χ3v) is 7.98. The van der Waals surface area contributed by atoms with Gasteiger partial charge >= 0.3 is 6.18 Å². The second kappa shape index (κ2) is 11.8. The van der Waals surface area contributed by atoms with Crippen molar-refractivity contribution in [3.63, 3.8) is 0 Å². The van der Waals surface area contributed by atoms with Gasteiger partial charge in [-0.25, -0.2) is 5.01 Å². The molecule has 0 amide bonds. The summed E-state index contributed by atoms with van der Waals surface area (Å²) in [7, 11) is -4.53. The predicted molar refractivity (Wildman–Crippen MR) is 157 cm³/mol. The number of aliphatic imine (C=N–C) groups is 1. The summed E-state index contributed by atoms with van der Waals surface area (Å²) in [5.41, 5.74) is 8.06. The first-order chi connectivity index (χ1) is 20.0. The molecule has 0 radical (unpaired) electrons. The van der Waals surface area contributed by atoms with Crippen molar-refractivity contribution in [1.29, 1.82) is 0 Å². The molecule has 7 nitrogen and oxygen atoms in total. The van der Waals surface area contributed by atoms with Gasteiger partial charge in [-0.1, -0.05) is 84.4 Å². The molecule has 0 aromatic heterocycles. The van der Waals surface area contributed by atoms with Gasteiger partial charge in [0, 0.05) is 16.5 Å². The van der Waals surface area contributed by atoms with E-state index in [1.165, 1.54) is 5.01 Å². The molecule has 0 saturated carbocycles. The summed E-state index contributed by atoms with van der Waals surface area (Å²) in [6.45, 7) is 0.162. The van der Waals surface area contributed by atoms with Gasteiger partial charge in [-0.3, -0.25) is 0 Å². The lowest BCUT2D eigenvalue weighted by Crippen LogP contribution is -2.28. The maximum atomic E-state index is 13.4. The van der Waals surface area contributed by atoms with Crippen molar-refractivity contribution < 1.29 is 21.6 Å². The van der Waals surface area contributed by atoms with E-state index in [1.54, 1.807) is 54.6 Å². The zero-order valence-corrected chi connectivity index (χ0v) is 23.4. The molecule has 1 heterocycles. The van der Waals surface area contributed by atoms with Crippen LogP contribution in [0.3, 0.4) is 0 Å². The van der Waals surface area contributed by atoms with E-state index in [0.717, 1.165) is 23.3 Å². The summed E-state index contributed by atoms with van der Waals surface area (Å²) in [6, 6.07) is 28.3. The number of guanidine groups is 1. The quantitative estimate of drug-likeness (QED) is 0.212. The largest absolute Gasteiger partial charge is 0.416 e. The number of benzene rings is 4. The first-order valence-corrected chi connectivity index (χ1v) is 14.4. The van der Waals surface area contributed by atoms with Crippen LogP contribution in [0.5, 0.6) is 0 Å². The second-order valence-electron chi connectivity index (χ2n) is 9.29. The molecular weight excluding hydrogens is 587 g/mol. The Labute approximate surface area is 245 Å². The molecule has 0 aliphatic carbocycles. The monoisotopic (exact) mass is 609 g/mol. The minimum Gasteiger partial charge on any atom is -0.383 e. The maximum absolute atomic E-state index is 13.4. The van der Waals surface area contributed by atoms with Crippen LogP contribution in [-0.4, -0.2) is 37.5 Å². The molecule has 214 valence electrons. The molecule has 4 aromatic carbocycles. The van der Waals surface area contributed by atoms with E-state index < -0.39 is 26.7 Å². The number of hydrogen-bond donors (Lipinski definition) is 1. The molecular formula is C30H23ClF3N5O2S. The average molecular weight is 610 g/mol. The Kier molecular flexibility index (Phi) is 8.15. The first kappa shape index (κ1) is 29.0. The van der Waals surface area contributed by atoms with Gasteiger partial charge in [-0.15, -0.1) is 4.40 Å². The van der Waals surface area contributed by atoms with E-state index >= 15 is 0 Å². The fourth-order valence-corrected chi connectivity index (χ4v) is 5.40. The minimum atomic E-state index is -4.63. The Morgan fingerprint density at radius 2 is 1.48 bits per heavy atom. The summed E-state index contributed by atoms with van der Waals surface area (Å²) in [5, 5.41) is 6.59. The molecule has 0 fully saturated rings. The first-order valence-electron chi connectivity index (χ1n) is 12.6. The number of nitrogens with zero attached hydrogens (tertiary/aromatic N) is 4. The third kappa shape index (κ3) is 6.53. The van der Waals surface area contributed by atoms with Crippen molar-refractivity contribution >= 4 is 39.1 Å². The van der Waals surface area contributed by atoms with Crippen molar-refractivity contribution in [2.45, 2.75) is 17.0 Å². The van der Waals surface area contributed by atoms with Crippen molar-refractivity contribution in [1.82, 2.24) is 5.01 Å². The number of alkyl halides is 3. The molecule has 0 saturated heterocycles. The number of hydrazone groups is 1. The van der Waals surface area contributed by atoms with Crippen LogP contribution >= 0.6 is 11.6 Å². The highest BCUT2D eigenvalue weighted by Gasteiger charge is 2.34. The van der Waals surface area contributed by atoms with Gasteiger partial charge in [0.15, 0.2) is 0 Å². The molecule has 4 aromatic rings. The van der Waals surface area contributed by atoms with Crippen LogP contribution in [0.1, 0.15) is 28.2 Å². The molecule has 2 N–H and O–H groups in total. The highest BCUT2D eigenvalue weighted by molar-refractivity contribution is 7.90. The topological polar surface area (TPSA) is 100 Å². The molecule has 12 heteroatoms. The summed E-state index contributed by atoms with van der Waals surface area (Å²) in [4.78, 5) is 3.91. The SMILES string of the molecule is N/C(=N\C(=N/S(=O)(=O)c1ccc(C(F)(F)F)cc1)N1C[C@H](c2ccccc2)C(c2ccc(Cl)cc2)=N1)c1ccccc1. The second-order valence-corrected chi connectivity index (χ2v) is 11.3. The van der Waals surface area contributed by atoms with Crippen LogP contribution < -0.4 is 5.73 Å². The van der Waals surface area contributed by atoms with Crippen LogP contribution in [0.25, 0.3) is 0 Å². The van der Waals surface area contributed by atoms with Crippen molar-refractivity contribution in [3.8, 4) is 0 Å². The van der Waals surface area contributed by atoms with Crippen LogP contribution in [-0.2, 0) is 16.2 Å². The fraction of sp³-hybridized carbons (Fsp3) is 0.100. The maximum Gasteiger partial charge on any atom is 0.416 e.